The minimum atomic E-state index is -1.05. The van der Waals surface area contributed by atoms with Gasteiger partial charge in [0.1, 0.15) is 5.67 Å². The average molecular weight is 249 g/mol. The second kappa shape index (κ2) is 6.33. The minimum Gasteiger partial charge on any atom is -0.314 e. The lowest BCUT2D eigenvalue weighted by Crippen LogP contribution is -2.39. The molecule has 1 aromatic rings. The third-order valence-electron chi connectivity index (χ3n) is 3.86. The Morgan fingerprint density at radius 1 is 1.28 bits per heavy atom. The molecule has 1 aliphatic rings. The van der Waals surface area contributed by atoms with Gasteiger partial charge in [0.05, 0.1) is 0 Å². The summed E-state index contributed by atoms with van der Waals surface area (Å²) in [4.78, 5) is 0. The first-order chi connectivity index (χ1) is 8.66. The van der Waals surface area contributed by atoms with E-state index in [0.29, 0.717) is 18.9 Å². The van der Waals surface area contributed by atoms with Crippen LogP contribution in [0.3, 0.4) is 0 Å². The molecule has 2 unspecified atom stereocenters. The van der Waals surface area contributed by atoms with Crippen LogP contribution in [0, 0.1) is 0 Å². The lowest BCUT2D eigenvalue weighted by molar-refractivity contribution is 0.135. The maximum atomic E-state index is 14.5. The van der Waals surface area contributed by atoms with Gasteiger partial charge in [-0.3, -0.25) is 0 Å². The normalized spacial score (nSPS) is 23.6. The van der Waals surface area contributed by atoms with Gasteiger partial charge in [-0.25, -0.2) is 4.39 Å². The van der Waals surface area contributed by atoms with Crippen molar-refractivity contribution in [3.05, 3.63) is 35.9 Å². The molecule has 1 fully saturated rings. The van der Waals surface area contributed by atoms with Gasteiger partial charge in [0.2, 0.25) is 0 Å². The van der Waals surface area contributed by atoms with Crippen LogP contribution < -0.4 is 5.32 Å². The fourth-order valence-electron chi connectivity index (χ4n) is 2.76. The zero-order valence-corrected chi connectivity index (χ0v) is 11.3. The summed E-state index contributed by atoms with van der Waals surface area (Å²) in [7, 11) is 0. The molecule has 1 N–H and O–H groups in total. The van der Waals surface area contributed by atoms with Crippen molar-refractivity contribution < 1.29 is 4.39 Å². The molecule has 18 heavy (non-hydrogen) atoms. The highest BCUT2D eigenvalue weighted by molar-refractivity contribution is 5.15. The maximum absolute atomic E-state index is 14.5. The summed E-state index contributed by atoms with van der Waals surface area (Å²) in [5, 5.41) is 3.43. The number of benzene rings is 1. The Morgan fingerprint density at radius 3 is 2.72 bits per heavy atom. The van der Waals surface area contributed by atoms with Crippen molar-refractivity contribution in [2.24, 2.45) is 0 Å². The largest absolute Gasteiger partial charge is 0.314 e. The van der Waals surface area contributed by atoms with E-state index in [4.69, 9.17) is 0 Å². The number of aryl methyl sites for hydroxylation is 1. The SMILES string of the molecule is CC(F)(CCc1ccccc1)CC1CCCCN1. The summed E-state index contributed by atoms with van der Waals surface area (Å²) >= 11 is 0. The predicted octanol–water partition coefficient (Wildman–Crippen LogP) is 3.88. The van der Waals surface area contributed by atoms with Crippen LogP contribution in [-0.2, 0) is 6.42 Å². The molecular formula is C16H24FN. The van der Waals surface area contributed by atoms with Gasteiger partial charge < -0.3 is 5.32 Å². The Balaban J connectivity index is 1.79. The van der Waals surface area contributed by atoms with Crippen molar-refractivity contribution in [1.82, 2.24) is 5.32 Å². The second-order valence-electron chi connectivity index (χ2n) is 5.75. The molecule has 1 aliphatic heterocycles. The molecule has 0 aliphatic carbocycles. The van der Waals surface area contributed by atoms with Crippen molar-refractivity contribution >= 4 is 0 Å². The fourth-order valence-corrected chi connectivity index (χ4v) is 2.76. The number of nitrogens with one attached hydrogen (secondary N) is 1. The Kier molecular flexibility index (Phi) is 4.76. The van der Waals surface area contributed by atoms with E-state index in [1.165, 1.54) is 18.4 Å². The summed E-state index contributed by atoms with van der Waals surface area (Å²) in [5.74, 6) is 0. The van der Waals surface area contributed by atoms with Crippen LogP contribution >= 0.6 is 0 Å². The number of halogens is 1. The highest BCUT2D eigenvalue weighted by Crippen LogP contribution is 2.26. The van der Waals surface area contributed by atoms with Crippen molar-refractivity contribution in [3.63, 3.8) is 0 Å². The van der Waals surface area contributed by atoms with Crippen molar-refractivity contribution in [1.29, 1.82) is 0 Å². The van der Waals surface area contributed by atoms with Crippen LogP contribution in [0.4, 0.5) is 4.39 Å². The van der Waals surface area contributed by atoms with Crippen LogP contribution in [-0.4, -0.2) is 18.3 Å². The molecule has 2 rings (SSSR count). The molecular weight excluding hydrogens is 225 g/mol. The van der Waals surface area contributed by atoms with Crippen LogP contribution in [0.2, 0.25) is 0 Å². The Labute approximate surface area is 110 Å². The van der Waals surface area contributed by atoms with E-state index in [1.807, 2.05) is 18.2 Å². The van der Waals surface area contributed by atoms with E-state index in [-0.39, 0.29) is 0 Å². The van der Waals surface area contributed by atoms with E-state index in [9.17, 15) is 4.39 Å². The third kappa shape index (κ3) is 4.41. The van der Waals surface area contributed by atoms with Gasteiger partial charge in [0, 0.05) is 6.04 Å². The summed E-state index contributed by atoms with van der Waals surface area (Å²) in [5.41, 5.74) is 0.183. The van der Waals surface area contributed by atoms with Crippen LogP contribution in [0.15, 0.2) is 30.3 Å². The quantitative estimate of drug-likeness (QED) is 0.835. The molecule has 1 saturated heterocycles. The number of hydrogen-bond donors (Lipinski definition) is 1. The van der Waals surface area contributed by atoms with E-state index in [0.717, 1.165) is 19.4 Å². The van der Waals surface area contributed by atoms with E-state index in [1.54, 1.807) is 6.92 Å². The lowest BCUT2D eigenvalue weighted by atomic mass is 9.89. The Morgan fingerprint density at radius 2 is 2.06 bits per heavy atom. The zero-order chi connectivity index (χ0) is 12.8. The van der Waals surface area contributed by atoms with Crippen molar-refractivity contribution in [3.8, 4) is 0 Å². The number of rotatable bonds is 5. The molecule has 0 saturated carbocycles. The molecule has 0 spiro atoms. The van der Waals surface area contributed by atoms with Crippen LogP contribution in [0.1, 0.15) is 44.6 Å². The van der Waals surface area contributed by atoms with Gasteiger partial charge in [-0.1, -0.05) is 36.8 Å². The number of alkyl halides is 1. The first-order valence-electron chi connectivity index (χ1n) is 7.12. The number of piperidine rings is 1. The molecule has 0 aromatic heterocycles. The van der Waals surface area contributed by atoms with Gasteiger partial charge >= 0.3 is 0 Å². The van der Waals surface area contributed by atoms with Crippen molar-refractivity contribution in [2.45, 2.75) is 57.2 Å². The molecule has 2 atom stereocenters. The highest BCUT2D eigenvalue weighted by atomic mass is 19.1. The summed E-state index contributed by atoms with van der Waals surface area (Å²) in [6.45, 7) is 2.81. The predicted molar refractivity (Wildman–Crippen MR) is 74.5 cm³/mol. The second-order valence-corrected chi connectivity index (χ2v) is 5.75. The molecule has 0 amide bonds. The zero-order valence-electron chi connectivity index (χ0n) is 11.3. The smallest absolute Gasteiger partial charge is 0.110 e. The molecule has 0 bridgehead atoms. The maximum Gasteiger partial charge on any atom is 0.110 e. The van der Waals surface area contributed by atoms with E-state index >= 15 is 0 Å². The molecule has 100 valence electrons. The molecule has 2 heteroatoms. The summed E-state index contributed by atoms with van der Waals surface area (Å²) < 4.78 is 14.5. The summed E-state index contributed by atoms with van der Waals surface area (Å²) in [6.07, 6.45) is 5.72. The molecule has 0 radical (unpaired) electrons. The standard InChI is InChI=1S/C16H24FN/c1-16(17,13-15-9-5-6-12-18-15)11-10-14-7-3-2-4-8-14/h2-4,7-8,15,18H,5-6,9-13H2,1H3. The molecule has 1 nitrogen and oxygen atoms in total. The first kappa shape index (κ1) is 13.5. The molecule has 1 heterocycles. The van der Waals surface area contributed by atoms with Gasteiger partial charge in [0.15, 0.2) is 0 Å². The van der Waals surface area contributed by atoms with Gasteiger partial charge in [-0.15, -0.1) is 0 Å². The fraction of sp³-hybridized carbons (Fsp3) is 0.625. The van der Waals surface area contributed by atoms with Crippen LogP contribution in [0.5, 0.6) is 0 Å². The Bertz CT molecular complexity index is 341. The van der Waals surface area contributed by atoms with Crippen molar-refractivity contribution in [2.75, 3.05) is 6.54 Å². The minimum absolute atomic E-state index is 0.379. The molecule has 1 aromatic carbocycles. The number of hydrogen-bond acceptors (Lipinski definition) is 1. The van der Waals surface area contributed by atoms with E-state index in [2.05, 4.69) is 17.4 Å². The van der Waals surface area contributed by atoms with Gasteiger partial charge in [-0.2, -0.15) is 0 Å². The summed E-state index contributed by atoms with van der Waals surface area (Å²) in [6, 6.07) is 10.6. The first-order valence-corrected chi connectivity index (χ1v) is 7.12. The van der Waals surface area contributed by atoms with Crippen LogP contribution in [0.25, 0.3) is 0 Å². The monoisotopic (exact) mass is 249 g/mol. The topological polar surface area (TPSA) is 12.0 Å². The lowest BCUT2D eigenvalue weighted by Gasteiger charge is -2.30. The third-order valence-corrected chi connectivity index (χ3v) is 3.86. The van der Waals surface area contributed by atoms with E-state index < -0.39 is 5.67 Å². The Hall–Kier alpha value is -0.890. The average Bonchev–Trinajstić information content (AvgIpc) is 2.38. The van der Waals surface area contributed by atoms with Gasteiger partial charge in [0.25, 0.3) is 0 Å². The highest BCUT2D eigenvalue weighted by Gasteiger charge is 2.28. The van der Waals surface area contributed by atoms with Gasteiger partial charge in [-0.05, 0) is 51.1 Å².